The number of benzene rings is 2. The van der Waals surface area contributed by atoms with Crippen LogP contribution in [0, 0.1) is 0 Å². The zero-order chi connectivity index (χ0) is 20.4. The molecule has 150 valence electrons. The monoisotopic (exact) mass is 429 g/mol. The van der Waals surface area contributed by atoms with Gasteiger partial charge in [-0.2, -0.15) is 0 Å². The van der Waals surface area contributed by atoms with E-state index in [1.54, 1.807) is 25.4 Å². The number of ether oxygens (including phenoxy) is 1. The highest BCUT2D eigenvalue weighted by molar-refractivity contribution is 6.35. The van der Waals surface area contributed by atoms with Crippen LogP contribution in [0.25, 0.3) is 0 Å². The molecule has 1 fully saturated rings. The Morgan fingerprint density at radius 2 is 2.07 bits per heavy atom. The van der Waals surface area contributed by atoms with E-state index in [9.17, 15) is 4.79 Å². The molecule has 3 aromatic rings. The van der Waals surface area contributed by atoms with Crippen molar-refractivity contribution in [1.82, 2.24) is 14.5 Å². The standard InChI is InChI=1S/C22H21Cl2N3O2/c1-29-19-4-2-3-15(11-19)22(28)27(18-7-8-18)14-21-25-9-10-26(21)13-16-5-6-17(23)12-20(16)24/h2-6,9-12,18H,7-8,13-14H2,1H3. The van der Waals surface area contributed by atoms with E-state index in [4.69, 9.17) is 27.9 Å². The average Bonchev–Trinajstić information content (AvgIpc) is 3.48. The fourth-order valence-corrected chi connectivity index (χ4v) is 3.76. The molecule has 7 heteroatoms. The lowest BCUT2D eigenvalue weighted by atomic mass is 10.2. The van der Waals surface area contributed by atoms with Gasteiger partial charge in [-0.25, -0.2) is 4.98 Å². The average molecular weight is 430 g/mol. The summed E-state index contributed by atoms with van der Waals surface area (Å²) in [5.41, 5.74) is 1.57. The highest BCUT2D eigenvalue weighted by Gasteiger charge is 2.34. The van der Waals surface area contributed by atoms with E-state index < -0.39 is 0 Å². The van der Waals surface area contributed by atoms with Gasteiger partial charge in [0.25, 0.3) is 5.91 Å². The quantitative estimate of drug-likeness (QED) is 0.527. The van der Waals surface area contributed by atoms with E-state index in [2.05, 4.69) is 4.98 Å². The Balaban J connectivity index is 1.55. The summed E-state index contributed by atoms with van der Waals surface area (Å²) in [6.07, 6.45) is 5.68. The first-order valence-corrected chi connectivity index (χ1v) is 10.2. The summed E-state index contributed by atoms with van der Waals surface area (Å²) in [6, 6.07) is 13.0. The highest BCUT2D eigenvalue weighted by Crippen LogP contribution is 2.30. The van der Waals surface area contributed by atoms with E-state index in [1.165, 1.54) is 0 Å². The van der Waals surface area contributed by atoms with Gasteiger partial charge in [0.15, 0.2) is 0 Å². The van der Waals surface area contributed by atoms with Crippen LogP contribution in [0.1, 0.15) is 34.6 Å². The van der Waals surface area contributed by atoms with Gasteiger partial charge in [-0.15, -0.1) is 0 Å². The van der Waals surface area contributed by atoms with Gasteiger partial charge >= 0.3 is 0 Å². The molecular weight excluding hydrogens is 409 g/mol. The fraction of sp³-hybridized carbons (Fsp3) is 0.273. The van der Waals surface area contributed by atoms with E-state index >= 15 is 0 Å². The van der Waals surface area contributed by atoms with Gasteiger partial charge in [-0.1, -0.05) is 35.3 Å². The summed E-state index contributed by atoms with van der Waals surface area (Å²) in [4.78, 5) is 19.6. The summed E-state index contributed by atoms with van der Waals surface area (Å²) in [7, 11) is 1.60. The number of rotatable bonds is 7. The summed E-state index contributed by atoms with van der Waals surface area (Å²) in [6.45, 7) is 1.01. The largest absolute Gasteiger partial charge is 0.497 e. The van der Waals surface area contributed by atoms with Crippen LogP contribution in [0.4, 0.5) is 0 Å². The Bertz CT molecular complexity index is 1030. The van der Waals surface area contributed by atoms with Crippen LogP contribution in [0.2, 0.25) is 10.0 Å². The number of carbonyl (C=O) groups is 1. The molecule has 1 aliphatic carbocycles. The number of hydrogen-bond acceptors (Lipinski definition) is 3. The Morgan fingerprint density at radius 1 is 1.24 bits per heavy atom. The number of methoxy groups -OCH3 is 1. The molecule has 1 aromatic heterocycles. The summed E-state index contributed by atoms with van der Waals surface area (Å²) >= 11 is 12.3. The third kappa shape index (κ3) is 4.57. The maximum absolute atomic E-state index is 13.2. The van der Waals surface area contributed by atoms with Crippen LogP contribution in [-0.2, 0) is 13.1 Å². The van der Waals surface area contributed by atoms with Gasteiger partial charge < -0.3 is 14.2 Å². The summed E-state index contributed by atoms with van der Waals surface area (Å²) < 4.78 is 7.28. The summed E-state index contributed by atoms with van der Waals surface area (Å²) in [5.74, 6) is 1.48. The number of nitrogens with zero attached hydrogens (tertiary/aromatic N) is 3. The third-order valence-corrected chi connectivity index (χ3v) is 5.62. The molecule has 0 N–H and O–H groups in total. The maximum Gasteiger partial charge on any atom is 0.254 e. The minimum atomic E-state index is -0.00882. The second kappa shape index (κ2) is 8.47. The Kier molecular flexibility index (Phi) is 5.79. The molecule has 0 saturated heterocycles. The number of carbonyl (C=O) groups excluding carboxylic acids is 1. The van der Waals surface area contributed by atoms with Gasteiger partial charge in [0.05, 0.1) is 20.2 Å². The number of amides is 1. The molecule has 0 atom stereocenters. The molecule has 0 unspecified atom stereocenters. The van der Waals surface area contributed by atoms with Gasteiger partial charge in [-0.05, 0) is 48.7 Å². The predicted molar refractivity (Wildman–Crippen MR) is 114 cm³/mol. The van der Waals surface area contributed by atoms with E-state index in [-0.39, 0.29) is 11.9 Å². The van der Waals surface area contributed by atoms with Crippen LogP contribution >= 0.6 is 23.2 Å². The molecular formula is C22H21Cl2N3O2. The zero-order valence-electron chi connectivity index (χ0n) is 16.0. The smallest absolute Gasteiger partial charge is 0.254 e. The molecule has 2 aromatic carbocycles. The van der Waals surface area contributed by atoms with Crippen LogP contribution < -0.4 is 4.74 Å². The molecule has 0 radical (unpaired) electrons. The molecule has 0 bridgehead atoms. The van der Waals surface area contributed by atoms with Crippen molar-refractivity contribution in [2.24, 2.45) is 0 Å². The molecule has 1 heterocycles. The normalized spacial score (nSPS) is 13.3. The number of imidazole rings is 1. The minimum Gasteiger partial charge on any atom is -0.497 e. The van der Waals surface area contributed by atoms with Crippen molar-refractivity contribution >= 4 is 29.1 Å². The van der Waals surface area contributed by atoms with Crippen molar-refractivity contribution in [2.75, 3.05) is 7.11 Å². The van der Waals surface area contributed by atoms with Crippen molar-refractivity contribution in [3.63, 3.8) is 0 Å². The fourth-order valence-electron chi connectivity index (χ4n) is 3.30. The molecule has 1 amide bonds. The lowest BCUT2D eigenvalue weighted by Crippen LogP contribution is -2.33. The Hall–Kier alpha value is -2.50. The first kappa shape index (κ1) is 19.8. The minimum absolute atomic E-state index is 0.00882. The highest BCUT2D eigenvalue weighted by atomic mass is 35.5. The second-order valence-corrected chi connectivity index (χ2v) is 7.95. The van der Waals surface area contributed by atoms with E-state index in [1.807, 2.05) is 46.0 Å². The van der Waals surface area contributed by atoms with Crippen molar-refractivity contribution in [3.8, 4) is 5.75 Å². The van der Waals surface area contributed by atoms with Crippen molar-refractivity contribution in [2.45, 2.75) is 32.0 Å². The lowest BCUT2D eigenvalue weighted by Gasteiger charge is -2.23. The van der Waals surface area contributed by atoms with Gasteiger partial charge in [0.1, 0.15) is 11.6 Å². The van der Waals surface area contributed by atoms with Crippen LogP contribution in [0.15, 0.2) is 54.9 Å². The Labute approximate surface area is 179 Å². The molecule has 29 heavy (non-hydrogen) atoms. The summed E-state index contributed by atoms with van der Waals surface area (Å²) in [5, 5.41) is 1.22. The molecule has 0 spiro atoms. The molecule has 0 aliphatic heterocycles. The molecule has 1 aliphatic rings. The zero-order valence-corrected chi connectivity index (χ0v) is 17.5. The second-order valence-electron chi connectivity index (χ2n) is 7.10. The maximum atomic E-state index is 13.2. The molecule has 5 nitrogen and oxygen atoms in total. The lowest BCUT2D eigenvalue weighted by molar-refractivity contribution is 0.0723. The number of hydrogen-bond donors (Lipinski definition) is 0. The van der Waals surface area contributed by atoms with Crippen LogP contribution in [-0.4, -0.2) is 33.5 Å². The van der Waals surface area contributed by atoms with Crippen molar-refractivity contribution in [1.29, 1.82) is 0 Å². The van der Waals surface area contributed by atoms with Gasteiger partial charge in [0, 0.05) is 34.0 Å². The van der Waals surface area contributed by atoms with E-state index in [0.717, 1.165) is 24.2 Å². The van der Waals surface area contributed by atoms with Gasteiger partial charge in [-0.3, -0.25) is 4.79 Å². The number of halogens is 2. The molecule has 1 saturated carbocycles. The van der Waals surface area contributed by atoms with Crippen molar-refractivity contribution in [3.05, 3.63) is 81.9 Å². The first-order valence-electron chi connectivity index (χ1n) is 9.44. The van der Waals surface area contributed by atoms with Crippen LogP contribution in [0.3, 0.4) is 0 Å². The SMILES string of the molecule is COc1cccc(C(=O)N(Cc2nccn2Cc2ccc(Cl)cc2Cl)C2CC2)c1. The van der Waals surface area contributed by atoms with Crippen molar-refractivity contribution < 1.29 is 9.53 Å². The van der Waals surface area contributed by atoms with Crippen LogP contribution in [0.5, 0.6) is 5.75 Å². The predicted octanol–water partition coefficient (Wildman–Crippen LogP) is 5.05. The number of aromatic nitrogens is 2. The third-order valence-electron chi connectivity index (χ3n) is 5.03. The molecule has 4 rings (SSSR count). The van der Waals surface area contributed by atoms with Gasteiger partial charge in [0.2, 0.25) is 0 Å². The van der Waals surface area contributed by atoms with E-state index in [0.29, 0.717) is 34.4 Å². The first-order chi connectivity index (χ1) is 14.0. The topological polar surface area (TPSA) is 47.4 Å². The Morgan fingerprint density at radius 3 is 2.79 bits per heavy atom.